The lowest BCUT2D eigenvalue weighted by atomic mass is 9.92. The third kappa shape index (κ3) is 2.15. The molecule has 2 aromatic heterocycles. The van der Waals surface area contributed by atoms with Crippen LogP contribution in [0.25, 0.3) is 60.3 Å². The number of fused-ring (bicyclic) bond motifs is 16. The van der Waals surface area contributed by atoms with E-state index >= 15 is 0 Å². The first kappa shape index (κ1) is 18.0. The molecule has 35 heavy (non-hydrogen) atoms. The summed E-state index contributed by atoms with van der Waals surface area (Å²) in [6, 6.07) is 38.6. The zero-order valence-corrected chi connectivity index (χ0v) is 19.2. The molecule has 0 radical (unpaired) electrons. The van der Waals surface area contributed by atoms with Crippen molar-refractivity contribution >= 4 is 38.1 Å². The van der Waals surface area contributed by atoms with Gasteiger partial charge in [-0.1, -0.05) is 84.9 Å². The van der Waals surface area contributed by atoms with E-state index in [1.807, 2.05) is 0 Å². The maximum Gasteiger partial charge on any atom is 0.0550 e. The Labute approximate surface area is 202 Å². The first-order valence-corrected chi connectivity index (χ1v) is 12.5. The second-order valence-electron chi connectivity index (χ2n) is 10.1. The SMILES string of the molecule is c1ccc2c(c1)Cc1c-2ccc2c1c1cc3ccccc3n1c1ccc3c(c21)-c1ccccc1C3. The smallest absolute Gasteiger partial charge is 0.0550 e. The van der Waals surface area contributed by atoms with E-state index in [2.05, 4.69) is 108 Å². The molecule has 0 amide bonds. The minimum absolute atomic E-state index is 0.997. The Bertz CT molecular complexity index is 2050. The molecule has 0 saturated carbocycles. The average molecular weight is 444 g/mol. The predicted octanol–water partition coefficient (Wildman–Crippen LogP) is 8.54. The van der Waals surface area contributed by atoms with Gasteiger partial charge in [0.25, 0.3) is 0 Å². The highest BCUT2D eigenvalue weighted by Crippen LogP contribution is 2.49. The molecule has 0 bridgehead atoms. The van der Waals surface area contributed by atoms with E-state index in [0.29, 0.717) is 0 Å². The molecule has 0 atom stereocenters. The van der Waals surface area contributed by atoms with Crippen molar-refractivity contribution in [2.45, 2.75) is 12.8 Å². The molecule has 1 heteroatoms. The standard InChI is InChI=1S/C34H21N/c1-4-10-24-21(8-1)18-28-26(24)14-15-27-33(28)31-19-22-9-3-6-12-29(22)35(31)30-16-13-23-17-20-7-2-5-11-25(20)32(23)34(27)30/h1-16,19H,17-18H2. The van der Waals surface area contributed by atoms with Crippen LogP contribution in [-0.2, 0) is 12.8 Å². The summed E-state index contributed by atoms with van der Waals surface area (Å²) < 4.78 is 2.53. The predicted molar refractivity (Wildman–Crippen MR) is 146 cm³/mol. The van der Waals surface area contributed by atoms with Crippen molar-refractivity contribution < 1.29 is 0 Å². The molecule has 2 heterocycles. The number of hydrogen-bond donors (Lipinski definition) is 0. The summed E-state index contributed by atoms with van der Waals surface area (Å²) in [6.45, 7) is 0. The largest absolute Gasteiger partial charge is 0.309 e. The molecule has 0 fully saturated rings. The van der Waals surface area contributed by atoms with Crippen molar-refractivity contribution in [2.24, 2.45) is 0 Å². The Kier molecular flexibility index (Phi) is 3.19. The lowest BCUT2D eigenvalue weighted by Gasteiger charge is -2.17. The van der Waals surface area contributed by atoms with Gasteiger partial charge in [0, 0.05) is 16.2 Å². The minimum atomic E-state index is 0.997. The van der Waals surface area contributed by atoms with Crippen LogP contribution in [0.1, 0.15) is 22.3 Å². The maximum atomic E-state index is 2.53. The lowest BCUT2D eigenvalue weighted by Crippen LogP contribution is -1.96. The highest BCUT2D eigenvalue weighted by molar-refractivity contribution is 6.23. The number of pyridine rings is 1. The number of benzene rings is 5. The Balaban J connectivity index is 1.57. The van der Waals surface area contributed by atoms with Crippen molar-refractivity contribution in [3.63, 3.8) is 0 Å². The number of nitrogens with zero attached hydrogens (tertiary/aromatic N) is 1. The zero-order chi connectivity index (χ0) is 22.7. The Morgan fingerprint density at radius 1 is 0.486 bits per heavy atom. The van der Waals surface area contributed by atoms with Crippen LogP contribution < -0.4 is 0 Å². The topological polar surface area (TPSA) is 4.41 Å². The Morgan fingerprint density at radius 3 is 2.17 bits per heavy atom. The fourth-order valence-electron chi connectivity index (χ4n) is 6.98. The summed E-state index contributed by atoms with van der Waals surface area (Å²) in [5.74, 6) is 0. The van der Waals surface area contributed by atoms with Gasteiger partial charge in [0.05, 0.1) is 16.6 Å². The minimum Gasteiger partial charge on any atom is -0.309 e. The summed E-state index contributed by atoms with van der Waals surface area (Å²) in [5.41, 5.74) is 15.3. The van der Waals surface area contributed by atoms with Gasteiger partial charge in [0.1, 0.15) is 0 Å². The molecule has 162 valence electrons. The molecule has 0 N–H and O–H groups in total. The highest BCUT2D eigenvalue weighted by Gasteiger charge is 2.27. The van der Waals surface area contributed by atoms with Crippen molar-refractivity contribution in [3.8, 4) is 22.3 Å². The summed E-state index contributed by atoms with van der Waals surface area (Å²) in [6.07, 6.45) is 2.01. The molecule has 7 aromatic rings. The van der Waals surface area contributed by atoms with Crippen LogP contribution in [-0.4, -0.2) is 4.40 Å². The van der Waals surface area contributed by atoms with Crippen molar-refractivity contribution in [1.29, 1.82) is 0 Å². The average Bonchev–Trinajstić information content (AvgIpc) is 3.59. The second-order valence-corrected chi connectivity index (χ2v) is 10.1. The van der Waals surface area contributed by atoms with Gasteiger partial charge in [-0.3, -0.25) is 0 Å². The molecule has 0 aliphatic heterocycles. The molecule has 0 saturated heterocycles. The van der Waals surface area contributed by atoms with Gasteiger partial charge in [-0.15, -0.1) is 0 Å². The fourth-order valence-corrected chi connectivity index (χ4v) is 6.98. The summed E-state index contributed by atoms with van der Waals surface area (Å²) in [4.78, 5) is 0. The Morgan fingerprint density at radius 2 is 1.26 bits per heavy atom. The molecule has 1 nitrogen and oxygen atoms in total. The number of hydrogen-bond acceptors (Lipinski definition) is 0. The number of para-hydroxylation sites is 1. The van der Waals surface area contributed by atoms with Gasteiger partial charge in [-0.2, -0.15) is 0 Å². The van der Waals surface area contributed by atoms with Crippen molar-refractivity contribution in [1.82, 2.24) is 4.40 Å². The van der Waals surface area contributed by atoms with Crippen LogP contribution >= 0.6 is 0 Å². The quantitative estimate of drug-likeness (QED) is 0.207. The van der Waals surface area contributed by atoms with Crippen LogP contribution in [0.2, 0.25) is 0 Å². The van der Waals surface area contributed by atoms with E-state index in [9.17, 15) is 0 Å². The first-order valence-electron chi connectivity index (χ1n) is 12.5. The fraction of sp³-hybridized carbons (Fsp3) is 0.0588. The van der Waals surface area contributed by atoms with E-state index in [1.54, 1.807) is 0 Å². The van der Waals surface area contributed by atoms with Crippen molar-refractivity contribution in [2.75, 3.05) is 0 Å². The van der Waals surface area contributed by atoms with Crippen LogP contribution in [0.15, 0.2) is 103 Å². The molecule has 0 spiro atoms. The van der Waals surface area contributed by atoms with Gasteiger partial charge < -0.3 is 4.40 Å². The summed E-state index contributed by atoms with van der Waals surface area (Å²) >= 11 is 0. The molecular formula is C34H21N. The number of aromatic nitrogens is 1. The Hall–Kier alpha value is -4.36. The second kappa shape index (κ2) is 6.20. The van der Waals surface area contributed by atoms with Gasteiger partial charge in [0.2, 0.25) is 0 Å². The number of rotatable bonds is 0. The summed E-state index contributed by atoms with van der Waals surface area (Å²) in [5, 5.41) is 5.50. The molecule has 2 aliphatic rings. The molecule has 9 rings (SSSR count). The van der Waals surface area contributed by atoms with E-state index in [0.717, 1.165) is 12.8 Å². The van der Waals surface area contributed by atoms with Crippen LogP contribution in [0.5, 0.6) is 0 Å². The van der Waals surface area contributed by atoms with E-state index < -0.39 is 0 Å². The molecule has 5 aromatic carbocycles. The zero-order valence-electron chi connectivity index (χ0n) is 19.2. The van der Waals surface area contributed by atoms with Crippen LogP contribution in [0.3, 0.4) is 0 Å². The van der Waals surface area contributed by atoms with E-state index in [4.69, 9.17) is 0 Å². The molecule has 2 aliphatic carbocycles. The lowest BCUT2D eigenvalue weighted by molar-refractivity contribution is 1.26. The third-order valence-corrected chi connectivity index (χ3v) is 8.40. The van der Waals surface area contributed by atoms with E-state index in [-0.39, 0.29) is 0 Å². The van der Waals surface area contributed by atoms with Gasteiger partial charge in [-0.25, -0.2) is 0 Å². The van der Waals surface area contributed by atoms with Gasteiger partial charge in [0.15, 0.2) is 0 Å². The normalized spacial score (nSPS) is 13.5. The van der Waals surface area contributed by atoms with E-state index in [1.165, 1.54) is 82.6 Å². The van der Waals surface area contributed by atoms with Gasteiger partial charge >= 0.3 is 0 Å². The molecular weight excluding hydrogens is 422 g/mol. The van der Waals surface area contributed by atoms with Crippen LogP contribution in [0, 0.1) is 0 Å². The highest BCUT2D eigenvalue weighted by atomic mass is 14.9. The summed E-state index contributed by atoms with van der Waals surface area (Å²) in [7, 11) is 0. The monoisotopic (exact) mass is 443 g/mol. The first-order chi connectivity index (χ1) is 17.4. The van der Waals surface area contributed by atoms with Crippen LogP contribution in [0.4, 0.5) is 0 Å². The third-order valence-electron chi connectivity index (χ3n) is 8.40. The maximum absolute atomic E-state index is 2.53. The van der Waals surface area contributed by atoms with Gasteiger partial charge in [-0.05, 0) is 80.9 Å². The molecule has 0 unspecified atom stereocenters. The van der Waals surface area contributed by atoms with Crippen molar-refractivity contribution in [3.05, 3.63) is 125 Å².